The second kappa shape index (κ2) is 9.84. The van der Waals surface area contributed by atoms with Crippen LogP contribution in [0.5, 0.6) is 0 Å². The topological polar surface area (TPSA) is 82.3 Å². The molecule has 0 aromatic carbocycles. The molecule has 0 radical (unpaired) electrons. The van der Waals surface area contributed by atoms with Crippen LogP contribution in [-0.4, -0.2) is 70.3 Å². The summed E-state index contributed by atoms with van der Waals surface area (Å²) in [5, 5.41) is 17.4. The van der Waals surface area contributed by atoms with Gasteiger partial charge in [-0.25, -0.2) is 4.52 Å². The Labute approximate surface area is 202 Å². The summed E-state index contributed by atoms with van der Waals surface area (Å²) < 4.78 is 7.40. The van der Waals surface area contributed by atoms with Gasteiger partial charge in [-0.3, -0.25) is 9.69 Å². The van der Waals surface area contributed by atoms with Gasteiger partial charge in [-0.1, -0.05) is 0 Å². The third kappa shape index (κ3) is 5.09. The van der Waals surface area contributed by atoms with Crippen LogP contribution in [-0.2, 0) is 16.0 Å². The van der Waals surface area contributed by atoms with E-state index in [-0.39, 0.29) is 11.4 Å². The van der Waals surface area contributed by atoms with Crippen molar-refractivity contribution in [2.24, 2.45) is 11.8 Å². The standard InChI is InChI=1S/C26H39N5O3/c1-26(2,17-20-7-13-34-14-8-20)29-9-3-19(4-10-29)15-21-5-12-31-22(16-21)23(18-27-31)30-11-6-24(32)28-25(30)33/h5,12,16,18-20,25,33H,3-4,6-11,13-15,17H2,1-2H3,(H,28,32). The van der Waals surface area contributed by atoms with E-state index >= 15 is 0 Å². The number of hydrogen-bond acceptors (Lipinski definition) is 6. The molecule has 0 aliphatic carbocycles. The van der Waals surface area contributed by atoms with E-state index in [0.717, 1.165) is 36.8 Å². The number of pyridine rings is 1. The van der Waals surface area contributed by atoms with E-state index in [0.29, 0.717) is 18.9 Å². The minimum atomic E-state index is -1.01. The van der Waals surface area contributed by atoms with Crippen LogP contribution < -0.4 is 10.2 Å². The molecule has 8 heteroatoms. The molecular formula is C26H39N5O3. The number of carbonyl (C=O) groups excluding carboxylic acids is 1. The monoisotopic (exact) mass is 469 g/mol. The van der Waals surface area contributed by atoms with Gasteiger partial charge < -0.3 is 20.1 Å². The van der Waals surface area contributed by atoms with E-state index in [2.05, 4.69) is 41.3 Å². The summed E-state index contributed by atoms with van der Waals surface area (Å²) >= 11 is 0. The molecule has 1 atom stereocenters. The van der Waals surface area contributed by atoms with Gasteiger partial charge in [0.1, 0.15) is 0 Å². The summed E-state index contributed by atoms with van der Waals surface area (Å²) in [7, 11) is 0. The van der Waals surface area contributed by atoms with E-state index in [4.69, 9.17) is 4.74 Å². The van der Waals surface area contributed by atoms with Crippen molar-refractivity contribution in [3.63, 3.8) is 0 Å². The maximum Gasteiger partial charge on any atom is 0.225 e. The number of anilines is 1. The highest BCUT2D eigenvalue weighted by Gasteiger charge is 2.33. The minimum Gasteiger partial charge on any atom is -0.381 e. The molecule has 5 rings (SSSR count). The average Bonchev–Trinajstić information content (AvgIpc) is 3.23. The van der Waals surface area contributed by atoms with Gasteiger partial charge in [-0.2, -0.15) is 5.10 Å². The highest BCUT2D eigenvalue weighted by molar-refractivity contribution is 5.81. The van der Waals surface area contributed by atoms with Crippen molar-refractivity contribution in [1.29, 1.82) is 0 Å². The summed E-state index contributed by atoms with van der Waals surface area (Å²) in [6.45, 7) is 9.53. The van der Waals surface area contributed by atoms with Gasteiger partial charge in [0.25, 0.3) is 0 Å². The maximum absolute atomic E-state index is 11.6. The number of piperidine rings is 1. The van der Waals surface area contributed by atoms with E-state index < -0.39 is 6.35 Å². The third-order valence-electron chi connectivity index (χ3n) is 8.16. The van der Waals surface area contributed by atoms with Crippen LogP contribution in [0.2, 0.25) is 0 Å². The Morgan fingerprint density at radius 3 is 2.65 bits per heavy atom. The van der Waals surface area contributed by atoms with Crippen molar-refractivity contribution in [1.82, 2.24) is 19.8 Å². The van der Waals surface area contributed by atoms with Gasteiger partial charge in [-0.15, -0.1) is 0 Å². The molecule has 3 saturated heterocycles. The SMILES string of the molecule is CC(C)(CC1CCOCC1)N1CCC(Cc2ccn3ncc(N4CCC(=O)NC4O)c3c2)CC1. The van der Waals surface area contributed by atoms with Crippen molar-refractivity contribution < 1.29 is 14.6 Å². The van der Waals surface area contributed by atoms with E-state index in [1.165, 1.54) is 50.8 Å². The van der Waals surface area contributed by atoms with E-state index in [1.54, 1.807) is 6.20 Å². The quantitative estimate of drug-likeness (QED) is 0.677. The number of amides is 1. The first-order valence-corrected chi connectivity index (χ1v) is 12.9. The van der Waals surface area contributed by atoms with Gasteiger partial charge in [0, 0.05) is 37.9 Å². The van der Waals surface area contributed by atoms with Gasteiger partial charge in [-0.05, 0) is 95.0 Å². The first-order valence-electron chi connectivity index (χ1n) is 12.9. The number of aliphatic hydroxyl groups is 1. The lowest BCUT2D eigenvalue weighted by Gasteiger charge is -2.45. The number of nitrogens with one attached hydrogen (secondary N) is 1. The van der Waals surface area contributed by atoms with Crippen molar-refractivity contribution >= 4 is 17.1 Å². The predicted molar refractivity (Wildman–Crippen MR) is 132 cm³/mol. The summed E-state index contributed by atoms with van der Waals surface area (Å²) in [6, 6.07) is 4.37. The molecule has 0 spiro atoms. The van der Waals surface area contributed by atoms with Gasteiger partial charge in [0.05, 0.1) is 17.4 Å². The number of hydrogen-bond donors (Lipinski definition) is 2. The molecule has 0 saturated carbocycles. The normalized spacial score (nSPS) is 24.0. The molecular weight excluding hydrogens is 430 g/mol. The third-order valence-corrected chi connectivity index (χ3v) is 8.16. The van der Waals surface area contributed by atoms with Crippen LogP contribution in [0.15, 0.2) is 24.5 Å². The Morgan fingerprint density at radius 1 is 1.15 bits per heavy atom. The predicted octanol–water partition coefficient (Wildman–Crippen LogP) is 2.79. The lowest BCUT2D eigenvalue weighted by molar-refractivity contribution is -0.125. The zero-order valence-electron chi connectivity index (χ0n) is 20.6. The zero-order valence-corrected chi connectivity index (χ0v) is 20.6. The van der Waals surface area contributed by atoms with Crippen LogP contribution in [0.4, 0.5) is 5.69 Å². The summed E-state index contributed by atoms with van der Waals surface area (Å²) in [4.78, 5) is 16.1. The van der Waals surface area contributed by atoms with E-state index in [9.17, 15) is 9.90 Å². The summed E-state index contributed by atoms with van der Waals surface area (Å²) in [5.74, 6) is 1.36. The van der Waals surface area contributed by atoms with Crippen molar-refractivity contribution in [3.05, 3.63) is 30.1 Å². The highest BCUT2D eigenvalue weighted by atomic mass is 16.5. The first kappa shape index (κ1) is 23.6. The van der Waals surface area contributed by atoms with Crippen LogP contribution in [0.1, 0.15) is 57.9 Å². The fraction of sp³-hybridized carbons (Fsp3) is 0.692. The Bertz CT molecular complexity index is 991. The van der Waals surface area contributed by atoms with E-state index in [1.807, 2.05) is 15.6 Å². The lowest BCUT2D eigenvalue weighted by Crippen LogP contribution is -2.54. The Kier molecular flexibility index (Phi) is 6.82. The van der Waals surface area contributed by atoms with Crippen LogP contribution >= 0.6 is 0 Å². The number of aliphatic hydroxyl groups excluding tert-OH is 1. The molecule has 1 amide bonds. The number of carbonyl (C=O) groups is 1. The summed E-state index contributed by atoms with van der Waals surface area (Å²) in [5.41, 5.74) is 3.40. The van der Waals surface area contributed by atoms with Crippen LogP contribution in [0.25, 0.3) is 5.52 Å². The average molecular weight is 470 g/mol. The molecule has 2 aromatic rings. The Hall–Kier alpha value is -2.16. The molecule has 3 fully saturated rings. The molecule has 34 heavy (non-hydrogen) atoms. The number of nitrogens with zero attached hydrogens (tertiary/aromatic N) is 4. The zero-order chi connectivity index (χ0) is 23.7. The number of ether oxygens (including phenoxy) is 1. The first-order chi connectivity index (χ1) is 16.4. The Morgan fingerprint density at radius 2 is 1.91 bits per heavy atom. The number of rotatable bonds is 6. The van der Waals surface area contributed by atoms with Gasteiger partial charge in [0.2, 0.25) is 12.3 Å². The molecule has 2 aromatic heterocycles. The molecule has 3 aliphatic heterocycles. The van der Waals surface area contributed by atoms with Crippen molar-refractivity contribution in [2.75, 3.05) is 37.7 Å². The van der Waals surface area contributed by atoms with Gasteiger partial charge in [0.15, 0.2) is 0 Å². The van der Waals surface area contributed by atoms with Crippen LogP contribution in [0.3, 0.4) is 0 Å². The number of fused-ring (bicyclic) bond motifs is 1. The second-order valence-corrected chi connectivity index (χ2v) is 11.0. The largest absolute Gasteiger partial charge is 0.381 e. The summed E-state index contributed by atoms with van der Waals surface area (Å²) in [6.07, 6.45) is 10.4. The van der Waals surface area contributed by atoms with Crippen molar-refractivity contribution in [2.45, 2.75) is 70.7 Å². The molecule has 1 unspecified atom stereocenters. The molecule has 5 heterocycles. The molecule has 3 aliphatic rings. The van der Waals surface area contributed by atoms with Crippen LogP contribution in [0, 0.1) is 11.8 Å². The number of aromatic nitrogens is 2. The minimum absolute atomic E-state index is 0.122. The van der Waals surface area contributed by atoms with Crippen molar-refractivity contribution in [3.8, 4) is 0 Å². The fourth-order valence-corrected chi connectivity index (χ4v) is 6.11. The molecule has 186 valence electrons. The van der Waals surface area contributed by atoms with Gasteiger partial charge >= 0.3 is 0 Å². The number of likely N-dealkylation sites (tertiary alicyclic amines) is 1. The second-order valence-electron chi connectivity index (χ2n) is 11.0. The molecule has 8 nitrogen and oxygen atoms in total. The fourth-order valence-electron chi connectivity index (χ4n) is 6.11. The Balaban J connectivity index is 1.20. The highest BCUT2D eigenvalue weighted by Crippen LogP contribution is 2.33. The molecule has 0 bridgehead atoms. The smallest absolute Gasteiger partial charge is 0.225 e. The molecule has 2 N–H and O–H groups in total. The maximum atomic E-state index is 11.6. The lowest BCUT2D eigenvalue weighted by atomic mass is 9.82.